The number of hydrogen-bond donors (Lipinski definition) is 1. The molecular weight excluding hydrogens is 380 g/mol. The molecule has 8 nitrogen and oxygen atoms in total. The SMILES string of the molecule is COC(=O)c1ccc(CN(c2cnccn2)c2cc(-c3cn[nH]c3C)ccn2)cc1. The summed E-state index contributed by atoms with van der Waals surface area (Å²) in [5.74, 6) is 1.03. The van der Waals surface area contributed by atoms with Gasteiger partial charge in [0.05, 0.1) is 31.6 Å². The van der Waals surface area contributed by atoms with E-state index in [0.717, 1.165) is 28.2 Å². The van der Waals surface area contributed by atoms with E-state index in [2.05, 4.69) is 25.1 Å². The van der Waals surface area contributed by atoms with E-state index in [4.69, 9.17) is 4.74 Å². The van der Waals surface area contributed by atoms with Gasteiger partial charge >= 0.3 is 5.97 Å². The molecule has 0 radical (unpaired) electrons. The summed E-state index contributed by atoms with van der Waals surface area (Å²) in [5, 5.41) is 7.07. The molecule has 1 N–H and O–H groups in total. The maximum atomic E-state index is 11.7. The first-order chi connectivity index (χ1) is 14.7. The first-order valence-electron chi connectivity index (χ1n) is 9.33. The Kier molecular flexibility index (Phi) is 5.47. The summed E-state index contributed by atoms with van der Waals surface area (Å²) in [6, 6.07) is 11.2. The third-order valence-corrected chi connectivity index (χ3v) is 4.70. The Labute approximate surface area is 173 Å². The molecule has 4 rings (SSSR count). The van der Waals surface area contributed by atoms with E-state index in [1.165, 1.54) is 7.11 Å². The number of nitrogens with one attached hydrogen (secondary N) is 1. The molecule has 30 heavy (non-hydrogen) atoms. The minimum atomic E-state index is -0.364. The van der Waals surface area contributed by atoms with Crippen LogP contribution in [0.2, 0.25) is 0 Å². The monoisotopic (exact) mass is 400 g/mol. The second-order valence-corrected chi connectivity index (χ2v) is 6.65. The molecule has 8 heteroatoms. The molecule has 0 amide bonds. The summed E-state index contributed by atoms with van der Waals surface area (Å²) < 4.78 is 4.77. The normalized spacial score (nSPS) is 10.6. The van der Waals surface area contributed by atoms with Gasteiger partial charge in [-0.1, -0.05) is 12.1 Å². The molecule has 3 heterocycles. The predicted molar refractivity (Wildman–Crippen MR) is 112 cm³/mol. The molecule has 4 aromatic rings. The smallest absolute Gasteiger partial charge is 0.337 e. The molecular formula is C22H20N6O2. The topological polar surface area (TPSA) is 96.9 Å². The van der Waals surface area contributed by atoms with Gasteiger partial charge in [-0.3, -0.25) is 10.1 Å². The summed E-state index contributed by atoms with van der Waals surface area (Å²) in [5.41, 5.74) is 4.49. The van der Waals surface area contributed by atoms with Crippen LogP contribution in [-0.4, -0.2) is 38.2 Å². The van der Waals surface area contributed by atoms with Crippen molar-refractivity contribution in [3.8, 4) is 11.1 Å². The zero-order valence-corrected chi connectivity index (χ0v) is 16.6. The molecule has 0 unspecified atom stereocenters. The number of nitrogens with zero attached hydrogens (tertiary/aromatic N) is 5. The number of anilines is 2. The van der Waals surface area contributed by atoms with Crippen LogP contribution in [0.25, 0.3) is 11.1 Å². The molecule has 0 bridgehead atoms. The van der Waals surface area contributed by atoms with Gasteiger partial charge in [-0.15, -0.1) is 0 Å². The number of rotatable bonds is 6. The highest BCUT2D eigenvalue weighted by molar-refractivity contribution is 5.89. The third kappa shape index (κ3) is 4.02. The first kappa shape index (κ1) is 19.3. The van der Waals surface area contributed by atoms with Crippen molar-refractivity contribution in [1.29, 1.82) is 0 Å². The summed E-state index contributed by atoms with van der Waals surface area (Å²) in [7, 11) is 1.37. The molecule has 0 saturated carbocycles. The quantitative estimate of drug-likeness (QED) is 0.493. The minimum absolute atomic E-state index is 0.364. The van der Waals surface area contributed by atoms with Gasteiger partial charge in [-0.25, -0.2) is 14.8 Å². The Hall–Kier alpha value is -4.07. The van der Waals surface area contributed by atoms with Crippen LogP contribution in [0.15, 0.2) is 67.4 Å². The van der Waals surface area contributed by atoms with Gasteiger partial charge in [0.25, 0.3) is 0 Å². The number of H-pyrrole nitrogens is 1. The van der Waals surface area contributed by atoms with Crippen LogP contribution < -0.4 is 4.90 Å². The minimum Gasteiger partial charge on any atom is -0.465 e. The van der Waals surface area contributed by atoms with Gasteiger partial charge in [-0.05, 0) is 42.3 Å². The van der Waals surface area contributed by atoms with Crippen molar-refractivity contribution in [2.45, 2.75) is 13.5 Å². The molecule has 0 aliphatic carbocycles. The van der Waals surface area contributed by atoms with Crippen LogP contribution in [0.4, 0.5) is 11.6 Å². The molecule has 0 saturated heterocycles. The van der Waals surface area contributed by atoms with E-state index in [9.17, 15) is 4.79 Å². The van der Waals surface area contributed by atoms with Crippen LogP contribution in [0.1, 0.15) is 21.6 Å². The van der Waals surface area contributed by atoms with Crippen LogP contribution in [-0.2, 0) is 11.3 Å². The van der Waals surface area contributed by atoms with E-state index >= 15 is 0 Å². The van der Waals surface area contributed by atoms with Gasteiger partial charge in [-0.2, -0.15) is 5.10 Å². The molecule has 0 fully saturated rings. The van der Waals surface area contributed by atoms with E-state index in [1.54, 1.807) is 43.1 Å². The molecule has 1 aromatic carbocycles. The largest absolute Gasteiger partial charge is 0.465 e. The Morgan fingerprint density at radius 2 is 1.83 bits per heavy atom. The molecule has 0 atom stereocenters. The number of aromatic nitrogens is 5. The van der Waals surface area contributed by atoms with Crippen molar-refractivity contribution in [2.75, 3.05) is 12.0 Å². The zero-order chi connectivity index (χ0) is 20.9. The van der Waals surface area contributed by atoms with Crippen LogP contribution in [0.3, 0.4) is 0 Å². The lowest BCUT2D eigenvalue weighted by Gasteiger charge is -2.23. The summed E-state index contributed by atoms with van der Waals surface area (Å²) in [6.07, 6.45) is 8.53. The second kappa shape index (κ2) is 8.52. The van der Waals surface area contributed by atoms with Gasteiger partial charge in [0.1, 0.15) is 5.82 Å². The average molecular weight is 400 g/mol. The van der Waals surface area contributed by atoms with E-state index in [0.29, 0.717) is 17.9 Å². The van der Waals surface area contributed by atoms with Crippen molar-refractivity contribution in [2.24, 2.45) is 0 Å². The Morgan fingerprint density at radius 3 is 2.50 bits per heavy atom. The van der Waals surface area contributed by atoms with Gasteiger partial charge in [0.15, 0.2) is 5.82 Å². The lowest BCUT2D eigenvalue weighted by atomic mass is 10.1. The maximum Gasteiger partial charge on any atom is 0.337 e. The fraction of sp³-hybridized carbons (Fsp3) is 0.136. The number of aromatic amines is 1. The lowest BCUT2D eigenvalue weighted by molar-refractivity contribution is 0.0600. The number of ether oxygens (including phenoxy) is 1. The maximum absolute atomic E-state index is 11.7. The van der Waals surface area contributed by atoms with Crippen molar-refractivity contribution < 1.29 is 9.53 Å². The second-order valence-electron chi connectivity index (χ2n) is 6.65. The number of pyridine rings is 1. The predicted octanol–water partition coefficient (Wildman–Crippen LogP) is 3.70. The highest BCUT2D eigenvalue weighted by atomic mass is 16.5. The number of carbonyl (C=O) groups is 1. The fourth-order valence-electron chi connectivity index (χ4n) is 3.13. The standard InChI is InChI=1S/C22H20N6O2/c1-15-19(12-26-27-15)18-7-8-24-20(11-18)28(21-13-23-9-10-25-21)14-16-3-5-17(6-4-16)22(29)30-2/h3-13H,14H2,1-2H3,(H,26,27). The van der Waals surface area contributed by atoms with Crippen molar-refractivity contribution in [1.82, 2.24) is 25.1 Å². The van der Waals surface area contributed by atoms with E-state index in [1.807, 2.05) is 36.1 Å². The number of benzene rings is 1. The summed E-state index contributed by atoms with van der Waals surface area (Å²) >= 11 is 0. The molecule has 0 spiro atoms. The van der Waals surface area contributed by atoms with E-state index in [-0.39, 0.29) is 5.97 Å². The molecule has 0 aliphatic rings. The third-order valence-electron chi connectivity index (χ3n) is 4.70. The highest BCUT2D eigenvalue weighted by Crippen LogP contribution is 2.29. The molecule has 150 valence electrons. The average Bonchev–Trinajstić information content (AvgIpc) is 3.24. The fourth-order valence-corrected chi connectivity index (χ4v) is 3.13. The van der Waals surface area contributed by atoms with Crippen molar-refractivity contribution in [3.05, 3.63) is 84.2 Å². The van der Waals surface area contributed by atoms with E-state index < -0.39 is 0 Å². The number of hydrogen-bond acceptors (Lipinski definition) is 7. The number of aryl methyl sites for hydroxylation is 1. The highest BCUT2D eigenvalue weighted by Gasteiger charge is 2.15. The van der Waals surface area contributed by atoms with Gasteiger partial charge in [0, 0.05) is 29.8 Å². The zero-order valence-electron chi connectivity index (χ0n) is 16.6. The Balaban J connectivity index is 1.70. The van der Waals surface area contributed by atoms with Crippen LogP contribution in [0, 0.1) is 6.92 Å². The Morgan fingerprint density at radius 1 is 1.03 bits per heavy atom. The Bertz CT molecular complexity index is 1140. The summed E-state index contributed by atoms with van der Waals surface area (Å²) in [4.78, 5) is 26.9. The lowest BCUT2D eigenvalue weighted by Crippen LogP contribution is -2.19. The van der Waals surface area contributed by atoms with Crippen LogP contribution >= 0.6 is 0 Å². The van der Waals surface area contributed by atoms with Gasteiger partial charge in [0.2, 0.25) is 0 Å². The molecule has 0 aliphatic heterocycles. The van der Waals surface area contributed by atoms with Crippen LogP contribution in [0.5, 0.6) is 0 Å². The van der Waals surface area contributed by atoms with Gasteiger partial charge < -0.3 is 9.64 Å². The first-order valence-corrected chi connectivity index (χ1v) is 9.33. The summed E-state index contributed by atoms with van der Waals surface area (Å²) in [6.45, 7) is 2.48. The van der Waals surface area contributed by atoms with Crippen molar-refractivity contribution >= 4 is 17.6 Å². The van der Waals surface area contributed by atoms with Crippen molar-refractivity contribution in [3.63, 3.8) is 0 Å². The number of methoxy groups -OCH3 is 1. The number of esters is 1. The number of carbonyl (C=O) groups excluding carboxylic acids is 1. The molecule has 3 aromatic heterocycles.